The van der Waals surface area contributed by atoms with Gasteiger partial charge in [-0.05, 0) is 12.8 Å². The first kappa shape index (κ1) is 12.9. The maximum Gasteiger partial charge on any atom is 0.217 e. The molecule has 3 aliphatic rings. The average molecular weight is 270 g/mol. The molecule has 0 amide bonds. The van der Waals surface area contributed by atoms with Gasteiger partial charge in [0.1, 0.15) is 0 Å². The Kier molecular flexibility index (Phi) is 2.55. The summed E-state index contributed by atoms with van der Waals surface area (Å²) in [6.07, 6.45) is 4.05. The van der Waals surface area contributed by atoms with Crippen molar-refractivity contribution in [3.8, 4) is 18.2 Å². The molecule has 6 nitrogen and oxygen atoms in total. The molecule has 102 valence electrons. The summed E-state index contributed by atoms with van der Waals surface area (Å²) in [4.78, 5) is 0. The van der Waals surface area contributed by atoms with Crippen LogP contribution in [-0.4, -0.2) is 18.3 Å². The summed E-state index contributed by atoms with van der Waals surface area (Å²) in [5.74, 6) is -1.67. The molecule has 1 saturated carbocycles. The third kappa shape index (κ3) is 1.17. The summed E-state index contributed by atoms with van der Waals surface area (Å²) in [7, 11) is 0. The van der Waals surface area contributed by atoms with E-state index in [9.17, 15) is 15.8 Å². The van der Waals surface area contributed by atoms with Crippen LogP contribution in [0.2, 0.25) is 0 Å². The van der Waals surface area contributed by atoms with E-state index in [1.54, 1.807) is 0 Å². The van der Waals surface area contributed by atoms with Crippen molar-refractivity contribution < 1.29 is 9.47 Å². The summed E-state index contributed by atoms with van der Waals surface area (Å²) in [5.41, 5.74) is -3.16. The van der Waals surface area contributed by atoms with E-state index in [1.807, 2.05) is 12.1 Å². The van der Waals surface area contributed by atoms with Gasteiger partial charge < -0.3 is 9.47 Å². The first-order valence-electron chi connectivity index (χ1n) is 6.76. The molecule has 3 rings (SSSR count). The van der Waals surface area contributed by atoms with E-state index < -0.39 is 22.5 Å². The van der Waals surface area contributed by atoms with Crippen LogP contribution < -0.4 is 0 Å². The first-order chi connectivity index (χ1) is 9.61. The number of rotatable bonds is 0. The summed E-state index contributed by atoms with van der Waals surface area (Å²) in [5, 5.41) is 36.8. The van der Waals surface area contributed by atoms with E-state index in [0.29, 0.717) is 12.8 Å². The van der Waals surface area contributed by atoms with Crippen LogP contribution in [0.4, 0.5) is 0 Å². The van der Waals surface area contributed by atoms with Crippen LogP contribution in [0.1, 0.15) is 32.1 Å². The van der Waals surface area contributed by atoms with Crippen LogP contribution in [0.15, 0.2) is 0 Å². The van der Waals surface area contributed by atoms with E-state index in [1.165, 1.54) is 0 Å². The van der Waals surface area contributed by atoms with Gasteiger partial charge in [0.15, 0.2) is 10.8 Å². The number of ether oxygens (including phenoxy) is 2. The van der Waals surface area contributed by atoms with Gasteiger partial charge >= 0.3 is 0 Å². The van der Waals surface area contributed by atoms with E-state index in [0.717, 1.165) is 19.3 Å². The molecule has 1 N–H and O–H groups in total. The van der Waals surface area contributed by atoms with Crippen LogP contribution in [0.5, 0.6) is 0 Å². The van der Waals surface area contributed by atoms with Gasteiger partial charge in [-0.15, -0.1) is 0 Å². The fraction of sp³-hybridized carbons (Fsp3) is 0.714. The monoisotopic (exact) mass is 270 g/mol. The van der Waals surface area contributed by atoms with E-state index in [2.05, 4.69) is 6.07 Å². The van der Waals surface area contributed by atoms with Gasteiger partial charge in [-0.1, -0.05) is 12.8 Å². The van der Waals surface area contributed by atoms with Crippen LogP contribution >= 0.6 is 0 Å². The van der Waals surface area contributed by atoms with Crippen LogP contribution in [0, 0.1) is 56.2 Å². The minimum Gasteiger partial charge on any atom is -0.447 e. The minimum atomic E-state index is -1.66. The van der Waals surface area contributed by atoms with E-state index >= 15 is 0 Å². The van der Waals surface area contributed by atoms with Crippen molar-refractivity contribution >= 4 is 5.90 Å². The molecule has 0 spiro atoms. The van der Waals surface area contributed by atoms with Gasteiger partial charge in [-0.2, -0.15) is 15.8 Å². The van der Waals surface area contributed by atoms with Crippen molar-refractivity contribution in [2.45, 2.75) is 37.9 Å². The lowest BCUT2D eigenvalue weighted by molar-refractivity contribution is -0.249. The molecule has 1 aliphatic carbocycles. The molecule has 2 aliphatic heterocycles. The molecule has 0 aromatic rings. The normalized spacial score (nSPS) is 41.2. The fourth-order valence-corrected chi connectivity index (χ4v) is 3.90. The van der Waals surface area contributed by atoms with Crippen molar-refractivity contribution in [2.24, 2.45) is 16.7 Å². The topological polar surface area (TPSA) is 114 Å². The zero-order valence-corrected chi connectivity index (χ0v) is 11.0. The van der Waals surface area contributed by atoms with E-state index in [-0.39, 0.29) is 12.5 Å². The number of nitriles is 3. The molecule has 2 heterocycles. The van der Waals surface area contributed by atoms with Crippen LogP contribution in [0.3, 0.4) is 0 Å². The highest BCUT2D eigenvalue weighted by Gasteiger charge is 2.76. The molecule has 2 saturated heterocycles. The summed E-state index contributed by atoms with van der Waals surface area (Å²) in [6, 6.07) is 5.97. The van der Waals surface area contributed by atoms with Crippen molar-refractivity contribution in [1.29, 1.82) is 21.2 Å². The molecule has 3 atom stereocenters. The molecule has 6 heteroatoms. The van der Waals surface area contributed by atoms with Crippen molar-refractivity contribution in [3.63, 3.8) is 0 Å². The second-order valence-electron chi connectivity index (χ2n) is 5.73. The Bertz CT molecular complexity index is 582. The molecule has 2 bridgehead atoms. The molecule has 0 aromatic heterocycles. The minimum absolute atomic E-state index is 0.174. The lowest BCUT2D eigenvalue weighted by Gasteiger charge is -2.44. The molecule has 20 heavy (non-hydrogen) atoms. The van der Waals surface area contributed by atoms with Gasteiger partial charge in [0, 0.05) is 6.42 Å². The second-order valence-corrected chi connectivity index (χ2v) is 5.73. The Labute approximate surface area is 117 Å². The number of hydrogen-bond acceptors (Lipinski definition) is 6. The first-order valence-corrected chi connectivity index (χ1v) is 6.76. The zero-order valence-electron chi connectivity index (χ0n) is 11.0. The smallest absolute Gasteiger partial charge is 0.217 e. The summed E-state index contributed by atoms with van der Waals surface area (Å²) < 4.78 is 11.4. The molecular formula is C14H14N4O2. The second kappa shape index (κ2) is 3.95. The molecule has 0 unspecified atom stereocenters. The molecule has 0 aromatic carbocycles. The number of nitrogens with one attached hydrogen (secondary N) is 1. The van der Waals surface area contributed by atoms with Crippen LogP contribution in [-0.2, 0) is 9.47 Å². The predicted octanol–water partition coefficient (Wildman–Crippen LogP) is 1.84. The standard InChI is InChI=1S/C14H14N4O2/c15-6-12(7-16)9-19-14-5-3-1-2-4-10(14)13(12,8-17)11(18)20-14/h10,18H,1-5,9H2/t10-,13-,14+/m0/s1. The Hall–Kier alpha value is -2.10. The van der Waals surface area contributed by atoms with Crippen molar-refractivity contribution in [1.82, 2.24) is 0 Å². The highest BCUT2D eigenvalue weighted by Crippen LogP contribution is 2.63. The van der Waals surface area contributed by atoms with Gasteiger partial charge in [0.2, 0.25) is 11.7 Å². The Balaban J connectivity index is 2.23. The van der Waals surface area contributed by atoms with Gasteiger partial charge in [0.05, 0.1) is 30.7 Å². The zero-order chi connectivity index (χ0) is 14.4. The fourth-order valence-electron chi connectivity index (χ4n) is 3.90. The van der Waals surface area contributed by atoms with Gasteiger partial charge in [-0.25, -0.2) is 0 Å². The van der Waals surface area contributed by atoms with Crippen LogP contribution in [0.25, 0.3) is 0 Å². The van der Waals surface area contributed by atoms with E-state index in [4.69, 9.17) is 14.9 Å². The predicted molar refractivity (Wildman–Crippen MR) is 65.8 cm³/mol. The molecule has 3 fully saturated rings. The lowest BCUT2D eigenvalue weighted by atomic mass is 9.56. The molecular weight excluding hydrogens is 256 g/mol. The largest absolute Gasteiger partial charge is 0.447 e. The number of hydrogen-bond donors (Lipinski definition) is 1. The van der Waals surface area contributed by atoms with Crippen molar-refractivity contribution in [2.75, 3.05) is 6.61 Å². The highest BCUT2D eigenvalue weighted by molar-refractivity contribution is 5.88. The Morgan fingerprint density at radius 3 is 2.50 bits per heavy atom. The Morgan fingerprint density at radius 1 is 1.10 bits per heavy atom. The number of nitrogens with zero attached hydrogens (tertiary/aromatic N) is 3. The lowest BCUT2D eigenvalue weighted by Crippen LogP contribution is -2.58. The third-order valence-electron chi connectivity index (χ3n) is 4.97. The SMILES string of the molecule is N#CC1(C#N)CO[C@@]23CCCCC[C@H]2[C@@]1(C#N)C(=N)O3. The summed E-state index contributed by atoms with van der Waals surface area (Å²) >= 11 is 0. The average Bonchev–Trinajstić information content (AvgIpc) is 2.63. The van der Waals surface area contributed by atoms with Gasteiger partial charge in [-0.3, -0.25) is 5.41 Å². The molecule has 0 radical (unpaired) electrons. The maximum absolute atomic E-state index is 9.74. The highest BCUT2D eigenvalue weighted by atomic mass is 16.7. The van der Waals surface area contributed by atoms with Crippen molar-refractivity contribution in [3.05, 3.63) is 0 Å². The summed E-state index contributed by atoms with van der Waals surface area (Å²) in [6.45, 7) is -0.174. The maximum atomic E-state index is 9.74. The quantitative estimate of drug-likeness (QED) is 0.721. The van der Waals surface area contributed by atoms with Gasteiger partial charge in [0.25, 0.3) is 0 Å². The Morgan fingerprint density at radius 2 is 1.85 bits per heavy atom. The third-order valence-corrected chi connectivity index (χ3v) is 4.97.